The molecule has 0 aliphatic rings. The monoisotopic (exact) mass is 393 g/mol. The van der Waals surface area contributed by atoms with Crippen LogP contribution in [0, 0.1) is 10.1 Å². The van der Waals surface area contributed by atoms with E-state index >= 15 is 0 Å². The van der Waals surface area contributed by atoms with Gasteiger partial charge in [0.2, 0.25) is 5.91 Å². The topological polar surface area (TPSA) is 125 Å². The van der Waals surface area contributed by atoms with Crippen LogP contribution in [0.2, 0.25) is 0 Å². The molecule has 9 heteroatoms. The van der Waals surface area contributed by atoms with Crippen LogP contribution in [0.25, 0.3) is 0 Å². The molecule has 24 heavy (non-hydrogen) atoms. The van der Waals surface area contributed by atoms with Crippen molar-refractivity contribution in [1.82, 2.24) is 5.43 Å². The minimum atomic E-state index is -0.609. The first-order chi connectivity index (χ1) is 11.4. The van der Waals surface area contributed by atoms with E-state index in [1.54, 1.807) is 12.1 Å². The highest BCUT2D eigenvalue weighted by Gasteiger charge is 2.13. The number of carbonyl (C=O) groups excluding carboxylic acids is 1. The van der Waals surface area contributed by atoms with Gasteiger partial charge in [-0.25, -0.2) is 5.43 Å². The van der Waals surface area contributed by atoms with Gasteiger partial charge >= 0.3 is 0 Å². The first-order valence-corrected chi connectivity index (χ1v) is 7.43. The van der Waals surface area contributed by atoms with Gasteiger partial charge in [0.05, 0.1) is 22.0 Å². The number of aromatic hydroxyl groups is 2. The van der Waals surface area contributed by atoms with Crippen molar-refractivity contribution in [3.05, 3.63) is 62.1 Å². The van der Waals surface area contributed by atoms with Gasteiger partial charge in [0.15, 0.2) is 0 Å². The first kappa shape index (κ1) is 17.4. The fraction of sp³-hybridized carbons (Fsp3) is 0.0667. The van der Waals surface area contributed by atoms with Crippen LogP contribution in [-0.2, 0) is 11.2 Å². The van der Waals surface area contributed by atoms with Crippen LogP contribution in [0.1, 0.15) is 11.1 Å². The number of hydrogen-bond acceptors (Lipinski definition) is 6. The van der Waals surface area contributed by atoms with Crippen LogP contribution in [-0.4, -0.2) is 27.3 Å². The molecule has 0 aliphatic carbocycles. The number of phenols is 2. The minimum Gasteiger partial charge on any atom is -0.508 e. The number of phenolic OH excluding ortho intramolecular Hbond substituents is 2. The number of nitro groups is 1. The van der Waals surface area contributed by atoms with E-state index in [4.69, 9.17) is 0 Å². The van der Waals surface area contributed by atoms with E-state index in [1.165, 1.54) is 12.1 Å². The lowest BCUT2D eigenvalue weighted by Crippen LogP contribution is -2.19. The van der Waals surface area contributed by atoms with Crippen molar-refractivity contribution in [2.24, 2.45) is 5.10 Å². The van der Waals surface area contributed by atoms with Gasteiger partial charge in [-0.3, -0.25) is 14.9 Å². The van der Waals surface area contributed by atoms with Crippen LogP contribution in [0.3, 0.4) is 0 Å². The van der Waals surface area contributed by atoms with E-state index in [-0.39, 0.29) is 33.6 Å². The highest BCUT2D eigenvalue weighted by atomic mass is 79.9. The molecule has 0 aliphatic heterocycles. The van der Waals surface area contributed by atoms with Crippen LogP contribution >= 0.6 is 15.9 Å². The number of hydrogen-bond donors (Lipinski definition) is 3. The molecule has 0 fully saturated rings. The second-order valence-corrected chi connectivity index (χ2v) is 5.62. The predicted octanol–water partition coefficient (Wildman–Crippen LogP) is 2.46. The Morgan fingerprint density at radius 2 is 2.08 bits per heavy atom. The van der Waals surface area contributed by atoms with E-state index in [1.807, 2.05) is 0 Å². The fourth-order valence-corrected chi connectivity index (χ4v) is 2.34. The molecule has 0 bridgehead atoms. The minimum absolute atomic E-state index is 0.00362. The summed E-state index contributed by atoms with van der Waals surface area (Å²) in [5.41, 5.74) is 2.70. The normalized spacial score (nSPS) is 10.7. The molecule has 2 aromatic rings. The first-order valence-electron chi connectivity index (χ1n) is 6.63. The molecule has 1 amide bonds. The van der Waals surface area contributed by atoms with Gasteiger partial charge in [0.1, 0.15) is 11.5 Å². The summed E-state index contributed by atoms with van der Waals surface area (Å²) in [5, 5.41) is 33.6. The lowest BCUT2D eigenvalue weighted by atomic mass is 10.1. The van der Waals surface area contributed by atoms with Crippen molar-refractivity contribution in [1.29, 1.82) is 0 Å². The molecule has 0 heterocycles. The molecule has 0 saturated carbocycles. The van der Waals surface area contributed by atoms with E-state index in [2.05, 4.69) is 26.5 Å². The molecule has 2 rings (SSSR count). The lowest BCUT2D eigenvalue weighted by molar-refractivity contribution is -0.385. The number of non-ortho nitro benzene ring substituents is 1. The largest absolute Gasteiger partial charge is 0.508 e. The predicted molar refractivity (Wildman–Crippen MR) is 90.0 cm³/mol. The molecular weight excluding hydrogens is 382 g/mol. The quantitative estimate of drug-likeness (QED) is 0.408. The summed E-state index contributed by atoms with van der Waals surface area (Å²) < 4.78 is 0.143. The maximum atomic E-state index is 11.8. The summed E-state index contributed by atoms with van der Waals surface area (Å²) in [6, 6.07) is 8.51. The Hall–Kier alpha value is -2.94. The number of nitrogens with zero attached hydrogens (tertiary/aromatic N) is 2. The van der Waals surface area contributed by atoms with Gasteiger partial charge < -0.3 is 10.2 Å². The molecular formula is C15H12BrN3O5. The smallest absolute Gasteiger partial charge is 0.271 e. The second kappa shape index (κ2) is 7.55. The number of benzene rings is 2. The summed E-state index contributed by atoms with van der Waals surface area (Å²) in [4.78, 5) is 21.9. The number of amides is 1. The van der Waals surface area contributed by atoms with Crippen molar-refractivity contribution in [3.8, 4) is 11.5 Å². The van der Waals surface area contributed by atoms with Crippen LogP contribution in [0.5, 0.6) is 11.5 Å². The zero-order chi connectivity index (χ0) is 17.7. The maximum Gasteiger partial charge on any atom is 0.271 e. The Bertz CT molecular complexity index is 823. The molecule has 8 nitrogen and oxygen atoms in total. The van der Waals surface area contributed by atoms with Gasteiger partial charge in [-0.05, 0) is 33.6 Å². The Morgan fingerprint density at radius 3 is 2.75 bits per heavy atom. The van der Waals surface area contributed by atoms with Crippen molar-refractivity contribution in [2.75, 3.05) is 0 Å². The molecule has 0 saturated heterocycles. The van der Waals surface area contributed by atoms with Gasteiger partial charge in [0, 0.05) is 17.7 Å². The van der Waals surface area contributed by atoms with Crippen LogP contribution in [0.15, 0.2) is 46.0 Å². The fourth-order valence-electron chi connectivity index (χ4n) is 1.87. The number of halogens is 1. The Balaban J connectivity index is 2.06. The number of hydrazone groups is 1. The maximum absolute atomic E-state index is 11.8. The molecule has 0 unspecified atom stereocenters. The summed E-state index contributed by atoms with van der Waals surface area (Å²) in [6.45, 7) is 0. The Labute approximate surface area is 144 Å². The summed E-state index contributed by atoms with van der Waals surface area (Å²) in [6.07, 6.45) is 1.10. The molecule has 0 atom stereocenters. The summed E-state index contributed by atoms with van der Waals surface area (Å²) in [7, 11) is 0. The molecule has 0 spiro atoms. The van der Waals surface area contributed by atoms with E-state index in [9.17, 15) is 25.1 Å². The van der Waals surface area contributed by atoms with E-state index < -0.39 is 10.8 Å². The van der Waals surface area contributed by atoms with Gasteiger partial charge in [0.25, 0.3) is 5.69 Å². The highest BCUT2D eigenvalue weighted by molar-refractivity contribution is 9.10. The average molecular weight is 394 g/mol. The number of rotatable bonds is 5. The Morgan fingerprint density at radius 1 is 1.33 bits per heavy atom. The highest BCUT2D eigenvalue weighted by Crippen LogP contribution is 2.31. The number of nitro benzene ring substituents is 1. The molecule has 0 radical (unpaired) electrons. The number of nitrogens with one attached hydrogen (secondary N) is 1. The SMILES string of the molecule is O=C(Cc1cccc(O)c1)N/N=C/c1cc([N+](=O)[O-])cc(Br)c1O. The van der Waals surface area contributed by atoms with Crippen molar-refractivity contribution in [3.63, 3.8) is 0 Å². The zero-order valence-corrected chi connectivity index (χ0v) is 13.7. The third kappa shape index (κ3) is 4.53. The van der Waals surface area contributed by atoms with E-state index in [0.29, 0.717) is 5.56 Å². The van der Waals surface area contributed by atoms with Crippen molar-refractivity contribution in [2.45, 2.75) is 6.42 Å². The van der Waals surface area contributed by atoms with Crippen LogP contribution in [0.4, 0.5) is 5.69 Å². The molecule has 3 N–H and O–H groups in total. The third-order valence-corrected chi connectivity index (χ3v) is 3.56. The van der Waals surface area contributed by atoms with Gasteiger partial charge in [-0.15, -0.1) is 0 Å². The molecule has 0 aromatic heterocycles. The average Bonchev–Trinajstić information content (AvgIpc) is 2.51. The molecule has 124 valence electrons. The summed E-state index contributed by atoms with van der Waals surface area (Å²) >= 11 is 3.01. The van der Waals surface area contributed by atoms with Gasteiger partial charge in [-0.2, -0.15) is 5.10 Å². The molecule has 2 aromatic carbocycles. The van der Waals surface area contributed by atoms with E-state index in [0.717, 1.165) is 18.3 Å². The Kier molecular flexibility index (Phi) is 5.48. The number of carbonyl (C=O) groups is 1. The summed E-state index contributed by atoms with van der Waals surface area (Å²) in [5.74, 6) is -0.623. The lowest BCUT2D eigenvalue weighted by Gasteiger charge is -2.03. The standard InChI is InChI=1S/C15H12BrN3O5/c16-13-7-11(19(23)24)6-10(15(13)22)8-17-18-14(21)5-9-2-1-3-12(20)4-9/h1-4,6-8,20,22H,5H2,(H,18,21)/b17-8+. The second-order valence-electron chi connectivity index (χ2n) is 4.76. The van der Waals surface area contributed by atoms with Crippen LogP contribution < -0.4 is 5.43 Å². The van der Waals surface area contributed by atoms with Crippen molar-refractivity contribution >= 4 is 33.7 Å². The van der Waals surface area contributed by atoms with Crippen molar-refractivity contribution < 1.29 is 19.9 Å². The zero-order valence-electron chi connectivity index (χ0n) is 12.1. The third-order valence-electron chi connectivity index (χ3n) is 2.96. The van der Waals surface area contributed by atoms with Gasteiger partial charge in [-0.1, -0.05) is 12.1 Å².